The largest absolute Gasteiger partial charge is 0.371 e. The number of nitrogens with zero attached hydrogens (tertiary/aromatic N) is 1. The second-order valence-electron chi connectivity index (χ2n) is 4.48. The Morgan fingerprint density at radius 1 is 1.50 bits per heavy atom. The van der Waals surface area contributed by atoms with Crippen LogP contribution in [-0.4, -0.2) is 19.0 Å². The summed E-state index contributed by atoms with van der Waals surface area (Å²) in [4.78, 5) is 13.4. The third-order valence-corrected chi connectivity index (χ3v) is 3.19. The van der Waals surface area contributed by atoms with E-state index in [1.165, 1.54) is 11.3 Å². The molecule has 1 amide bonds. The number of carbonyl (C=O) groups excluding carboxylic acids is 1. The smallest absolute Gasteiger partial charge is 0.222 e. The number of hydrogen-bond acceptors (Lipinski definition) is 2. The molecule has 1 heterocycles. The van der Waals surface area contributed by atoms with Crippen molar-refractivity contribution in [3.05, 3.63) is 29.8 Å². The van der Waals surface area contributed by atoms with Gasteiger partial charge >= 0.3 is 0 Å². The van der Waals surface area contributed by atoms with Crippen LogP contribution in [0.1, 0.15) is 18.9 Å². The third kappa shape index (κ3) is 2.18. The Morgan fingerprint density at radius 3 is 3.00 bits per heavy atom. The molecule has 1 aromatic carbocycles. The lowest BCUT2D eigenvalue weighted by Crippen LogP contribution is -2.37. The zero-order valence-electron chi connectivity index (χ0n) is 9.65. The normalized spacial score (nSPS) is 16.7. The molecular weight excluding hydrogens is 200 g/mol. The number of amides is 1. The molecule has 0 aromatic heterocycles. The number of para-hydroxylation sites is 1. The van der Waals surface area contributed by atoms with Crippen molar-refractivity contribution in [1.82, 2.24) is 0 Å². The van der Waals surface area contributed by atoms with Gasteiger partial charge in [0, 0.05) is 18.8 Å². The molecule has 0 aliphatic carbocycles. The highest BCUT2D eigenvalue weighted by Crippen LogP contribution is 2.27. The second kappa shape index (κ2) is 4.56. The molecule has 0 saturated carbocycles. The maximum absolute atomic E-state index is 11.1. The molecule has 2 rings (SSSR count). The fourth-order valence-corrected chi connectivity index (χ4v) is 2.22. The van der Waals surface area contributed by atoms with E-state index in [-0.39, 0.29) is 11.8 Å². The van der Waals surface area contributed by atoms with Crippen LogP contribution in [0.25, 0.3) is 0 Å². The molecule has 16 heavy (non-hydrogen) atoms. The molecule has 1 atom stereocenters. The van der Waals surface area contributed by atoms with Crippen LogP contribution < -0.4 is 10.6 Å². The Bertz CT molecular complexity index is 389. The first-order valence-corrected chi connectivity index (χ1v) is 5.80. The summed E-state index contributed by atoms with van der Waals surface area (Å²) in [7, 11) is 0. The van der Waals surface area contributed by atoms with E-state index in [1.54, 1.807) is 0 Å². The summed E-state index contributed by atoms with van der Waals surface area (Å²) < 4.78 is 0. The molecule has 0 fully saturated rings. The van der Waals surface area contributed by atoms with Crippen LogP contribution in [0.5, 0.6) is 0 Å². The second-order valence-corrected chi connectivity index (χ2v) is 4.48. The molecule has 86 valence electrons. The van der Waals surface area contributed by atoms with Gasteiger partial charge in [-0.15, -0.1) is 0 Å². The molecule has 1 unspecified atom stereocenters. The molecule has 1 aliphatic heterocycles. The minimum Gasteiger partial charge on any atom is -0.371 e. The van der Waals surface area contributed by atoms with Gasteiger partial charge in [-0.2, -0.15) is 0 Å². The standard InChI is InChI=1S/C13H18N2O/c1-10(13(14)16)9-15-8-4-6-11-5-2-3-7-12(11)15/h2-3,5,7,10H,4,6,8-9H2,1H3,(H2,14,16). The van der Waals surface area contributed by atoms with Gasteiger partial charge in [0.15, 0.2) is 0 Å². The van der Waals surface area contributed by atoms with Crippen LogP contribution in [0.2, 0.25) is 0 Å². The van der Waals surface area contributed by atoms with E-state index in [1.807, 2.05) is 13.0 Å². The average Bonchev–Trinajstić information content (AvgIpc) is 2.29. The predicted molar refractivity (Wildman–Crippen MR) is 65.3 cm³/mol. The SMILES string of the molecule is CC(CN1CCCc2ccccc21)C(N)=O. The van der Waals surface area contributed by atoms with E-state index in [0.717, 1.165) is 25.9 Å². The average molecular weight is 218 g/mol. The molecule has 2 N–H and O–H groups in total. The van der Waals surface area contributed by atoms with Crippen LogP contribution in [0.15, 0.2) is 24.3 Å². The number of rotatable bonds is 3. The number of hydrogen-bond donors (Lipinski definition) is 1. The highest BCUT2D eigenvalue weighted by atomic mass is 16.1. The van der Waals surface area contributed by atoms with Crippen molar-refractivity contribution in [3.63, 3.8) is 0 Å². The summed E-state index contributed by atoms with van der Waals surface area (Å²) in [6.45, 7) is 3.64. The predicted octanol–water partition coefficient (Wildman–Crippen LogP) is 1.56. The van der Waals surface area contributed by atoms with Gasteiger partial charge in [-0.25, -0.2) is 0 Å². The number of aryl methyl sites for hydroxylation is 1. The minimum absolute atomic E-state index is 0.0915. The van der Waals surface area contributed by atoms with Crippen molar-refractivity contribution in [2.75, 3.05) is 18.0 Å². The van der Waals surface area contributed by atoms with Gasteiger partial charge in [-0.1, -0.05) is 25.1 Å². The molecule has 3 heteroatoms. The van der Waals surface area contributed by atoms with Crippen molar-refractivity contribution in [2.45, 2.75) is 19.8 Å². The van der Waals surface area contributed by atoms with Gasteiger partial charge in [-0.05, 0) is 24.5 Å². The highest BCUT2D eigenvalue weighted by molar-refractivity contribution is 5.77. The Balaban J connectivity index is 2.16. The number of nitrogens with two attached hydrogens (primary N) is 1. The van der Waals surface area contributed by atoms with E-state index in [9.17, 15) is 4.79 Å². The van der Waals surface area contributed by atoms with E-state index >= 15 is 0 Å². The molecule has 0 saturated heterocycles. The zero-order chi connectivity index (χ0) is 11.5. The fraction of sp³-hybridized carbons (Fsp3) is 0.462. The van der Waals surface area contributed by atoms with Gasteiger partial charge in [-0.3, -0.25) is 4.79 Å². The van der Waals surface area contributed by atoms with Gasteiger partial charge in [0.2, 0.25) is 5.91 Å². The summed E-state index contributed by atoms with van der Waals surface area (Å²) in [5, 5.41) is 0. The molecule has 0 bridgehead atoms. The molecular formula is C13H18N2O. The van der Waals surface area contributed by atoms with Gasteiger partial charge in [0.25, 0.3) is 0 Å². The van der Waals surface area contributed by atoms with Crippen LogP contribution >= 0.6 is 0 Å². The number of primary amides is 1. The van der Waals surface area contributed by atoms with Crippen molar-refractivity contribution < 1.29 is 4.79 Å². The lowest BCUT2D eigenvalue weighted by molar-refractivity contribution is -0.121. The van der Waals surface area contributed by atoms with E-state index in [0.29, 0.717) is 0 Å². The summed E-state index contributed by atoms with van der Waals surface area (Å²) in [6.07, 6.45) is 2.29. The summed E-state index contributed by atoms with van der Waals surface area (Å²) in [5.74, 6) is -0.311. The first-order valence-electron chi connectivity index (χ1n) is 5.80. The number of anilines is 1. The molecule has 3 nitrogen and oxygen atoms in total. The molecule has 1 aliphatic rings. The van der Waals surface area contributed by atoms with Crippen molar-refractivity contribution >= 4 is 11.6 Å². The quantitative estimate of drug-likeness (QED) is 0.837. The van der Waals surface area contributed by atoms with Gasteiger partial charge in [0.1, 0.15) is 0 Å². The molecule has 0 radical (unpaired) electrons. The fourth-order valence-electron chi connectivity index (χ4n) is 2.22. The number of benzene rings is 1. The van der Waals surface area contributed by atoms with E-state index < -0.39 is 0 Å². The van der Waals surface area contributed by atoms with E-state index in [2.05, 4.69) is 23.1 Å². The lowest BCUT2D eigenvalue weighted by Gasteiger charge is -2.32. The zero-order valence-corrected chi connectivity index (χ0v) is 9.65. The Morgan fingerprint density at radius 2 is 2.25 bits per heavy atom. The molecule has 1 aromatic rings. The minimum atomic E-state index is -0.219. The summed E-state index contributed by atoms with van der Waals surface area (Å²) in [5.41, 5.74) is 7.95. The molecule has 0 spiro atoms. The third-order valence-electron chi connectivity index (χ3n) is 3.19. The van der Waals surface area contributed by atoms with Crippen LogP contribution in [0, 0.1) is 5.92 Å². The van der Waals surface area contributed by atoms with Crippen LogP contribution in [0.4, 0.5) is 5.69 Å². The van der Waals surface area contributed by atoms with Crippen molar-refractivity contribution in [3.8, 4) is 0 Å². The lowest BCUT2D eigenvalue weighted by atomic mass is 10.0. The topological polar surface area (TPSA) is 46.3 Å². The number of fused-ring (bicyclic) bond motifs is 1. The maximum Gasteiger partial charge on any atom is 0.222 e. The van der Waals surface area contributed by atoms with Crippen LogP contribution in [-0.2, 0) is 11.2 Å². The monoisotopic (exact) mass is 218 g/mol. The summed E-state index contributed by atoms with van der Waals surface area (Å²) >= 11 is 0. The van der Waals surface area contributed by atoms with Crippen molar-refractivity contribution in [2.24, 2.45) is 11.7 Å². The first kappa shape index (κ1) is 11.0. The Hall–Kier alpha value is -1.51. The number of carbonyl (C=O) groups is 1. The summed E-state index contributed by atoms with van der Waals surface area (Å²) in [6, 6.07) is 8.41. The van der Waals surface area contributed by atoms with Crippen molar-refractivity contribution in [1.29, 1.82) is 0 Å². The van der Waals surface area contributed by atoms with E-state index in [4.69, 9.17) is 5.73 Å². The Labute approximate surface area is 96.2 Å². The maximum atomic E-state index is 11.1. The van der Waals surface area contributed by atoms with Gasteiger partial charge < -0.3 is 10.6 Å². The van der Waals surface area contributed by atoms with Gasteiger partial charge in [0.05, 0.1) is 5.92 Å². The highest BCUT2D eigenvalue weighted by Gasteiger charge is 2.19. The first-order chi connectivity index (χ1) is 7.68. The van der Waals surface area contributed by atoms with Crippen LogP contribution in [0.3, 0.4) is 0 Å². The Kier molecular flexibility index (Phi) is 3.13.